The van der Waals surface area contributed by atoms with E-state index in [1.165, 1.54) is 24.4 Å². The Morgan fingerprint density at radius 3 is 2.50 bits per heavy atom. The molecule has 132 valence electrons. The Balaban J connectivity index is 1.88. The monoisotopic (exact) mass is 392 g/mol. The zero-order chi connectivity index (χ0) is 18.7. The Morgan fingerprint density at radius 2 is 1.88 bits per heavy atom. The highest BCUT2D eigenvalue weighted by molar-refractivity contribution is 6.34. The summed E-state index contributed by atoms with van der Waals surface area (Å²) in [6.45, 7) is 0. The van der Waals surface area contributed by atoms with Crippen LogP contribution in [0.3, 0.4) is 0 Å². The van der Waals surface area contributed by atoms with E-state index in [4.69, 9.17) is 27.9 Å². The number of nitro benzene ring substituents is 1. The molecule has 0 spiro atoms. The molecule has 10 heteroatoms. The third-order valence-corrected chi connectivity index (χ3v) is 3.77. The van der Waals surface area contributed by atoms with Gasteiger partial charge in [-0.3, -0.25) is 20.0 Å². The molecule has 0 atom stereocenters. The van der Waals surface area contributed by atoms with Crippen molar-refractivity contribution in [3.8, 4) is 11.5 Å². The van der Waals surface area contributed by atoms with Gasteiger partial charge in [0.2, 0.25) is 0 Å². The van der Waals surface area contributed by atoms with Crippen LogP contribution in [0.5, 0.6) is 11.5 Å². The number of carbonyl (C=O) groups excluding carboxylic acids is 1. The first kappa shape index (κ1) is 17.7. The number of nitrogens with one attached hydrogen (secondary N) is 2. The number of H-pyrrole nitrogens is 1. The molecule has 1 amide bonds. The van der Waals surface area contributed by atoms with E-state index in [9.17, 15) is 14.9 Å². The molecule has 2 aromatic carbocycles. The topological polar surface area (TPSA) is 110 Å². The van der Waals surface area contributed by atoms with Crippen molar-refractivity contribution in [3.05, 3.63) is 74.5 Å². The SMILES string of the molecule is O=C(Nc1cc(Oc2ccc(Cl)cc2)cc([N+](=O)[O-])c1)c1[nH]ncc1Cl. The molecule has 3 aromatic rings. The van der Waals surface area contributed by atoms with Crippen LogP contribution in [0.25, 0.3) is 0 Å². The summed E-state index contributed by atoms with van der Waals surface area (Å²) in [5.74, 6) is 0.0155. The van der Waals surface area contributed by atoms with E-state index in [0.717, 1.165) is 0 Å². The van der Waals surface area contributed by atoms with Gasteiger partial charge in [-0.25, -0.2) is 0 Å². The van der Waals surface area contributed by atoms with Gasteiger partial charge in [-0.2, -0.15) is 5.10 Å². The molecule has 1 aromatic heterocycles. The Morgan fingerprint density at radius 1 is 1.15 bits per heavy atom. The van der Waals surface area contributed by atoms with Gasteiger partial charge in [0.25, 0.3) is 11.6 Å². The van der Waals surface area contributed by atoms with Gasteiger partial charge in [0.15, 0.2) is 0 Å². The lowest BCUT2D eigenvalue weighted by atomic mass is 10.2. The number of aromatic amines is 1. The number of amides is 1. The molecule has 0 aliphatic rings. The minimum atomic E-state index is -0.592. The maximum absolute atomic E-state index is 12.2. The quantitative estimate of drug-likeness (QED) is 0.484. The summed E-state index contributed by atoms with van der Waals surface area (Å²) in [7, 11) is 0. The zero-order valence-electron chi connectivity index (χ0n) is 12.9. The molecule has 0 saturated carbocycles. The maximum Gasteiger partial charge on any atom is 0.275 e. The number of halogens is 2. The molecule has 0 aliphatic carbocycles. The molecule has 0 aliphatic heterocycles. The largest absolute Gasteiger partial charge is 0.457 e. The summed E-state index contributed by atoms with van der Waals surface area (Å²) in [5, 5.41) is 20.4. The van der Waals surface area contributed by atoms with Crippen LogP contribution in [-0.4, -0.2) is 21.0 Å². The lowest BCUT2D eigenvalue weighted by Crippen LogP contribution is -2.13. The van der Waals surface area contributed by atoms with Crippen molar-refractivity contribution < 1.29 is 14.5 Å². The molecule has 0 unspecified atom stereocenters. The predicted octanol–water partition coefficient (Wildman–Crippen LogP) is 4.67. The summed E-state index contributed by atoms with van der Waals surface area (Å²) in [4.78, 5) is 22.8. The lowest BCUT2D eigenvalue weighted by Gasteiger charge is -2.09. The fourth-order valence-electron chi connectivity index (χ4n) is 2.08. The highest BCUT2D eigenvalue weighted by atomic mass is 35.5. The summed E-state index contributed by atoms with van der Waals surface area (Å²) >= 11 is 11.7. The van der Waals surface area contributed by atoms with Crippen molar-refractivity contribution in [2.45, 2.75) is 0 Å². The van der Waals surface area contributed by atoms with Gasteiger partial charge >= 0.3 is 0 Å². The Labute approximate surface area is 156 Å². The molecular formula is C16H10Cl2N4O4. The van der Waals surface area contributed by atoms with Gasteiger partial charge in [0, 0.05) is 17.2 Å². The van der Waals surface area contributed by atoms with Gasteiger partial charge in [0.05, 0.1) is 27.9 Å². The van der Waals surface area contributed by atoms with Crippen LogP contribution in [0.1, 0.15) is 10.5 Å². The predicted molar refractivity (Wildman–Crippen MR) is 96.2 cm³/mol. The van der Waals surface area contributed by atoms with Crippen LogP contribution >= 0.6 is 23.2 Å². The number of carbonyl (C=O) groups is 1. The van der Waals surface area contributed by atoms with Crippen LogP contribution in [0.15, 0.2) is 48.7 Å². The van der Waals surface area contributed by atoms with Gasteiger partial charge in [-0.15, -0.1) is 0 Å². The number of benzene rings is 2. The number of hydrogen-bond acceptors (Lipinski definition) is 5. The number of anilines is 1. The molecule has 0 radical (unpaired) electrons. The minimum absolute atomic E-state index is 0.0401. The standard InChI is InChI=1S/C16H10Cl2N4O4/c17-9-1-3-12(4-2-9)26-13-6-10(5-11(7-13)22(24)25)20-16(23)15-14(18)8-19-21-15/h1-8H,(H,19,21)(H,20,23). The number of rotatable bonds is 5. The van der Waals surface area contributed by atoms with Crippen LogP contribution in [0.2, 0.25) is 10.0 Å². The molecule has 26 heavy (non-hydrogen) atoms. The summed E-state index contributed by atoms with van der Waals surface area (Å²) in [6.07, 6.45) is 1.28. The molecule has 8 nitrogen and oxygen atoms in total. The number of aromatic nitrogens is 2. The van der Waals surface area contributed by atoms with Crippen LogP contribution in [0.4, 0.5) is 11.4 Å². The zero-order valence-corrected chi connectivity index (χ0v) is 14.4. The number of nitrogens with zero attached hydrogens (tertiary/aromatic N) is 2. The second kappa shape index (κ2) is 7.42. The van der Waals surface area contributed by atoms with Gasteiger partial charge in [-0.1, -0.05) is 23.2 Å². The van der Waals surface area contributed by atoms with E-state index in [0.29, 0.717) is 10.8 Å². The Kier molecular flexibility index (Phi) is 5.06. The van der Waals surface area contributed by atoms with Crippen molar-refractivity contribution in [3.63, 3.8) is 0 Å². The molecule has 2 N–H and O–H groups in total. The average molecular weight is 393 g/mol. The molecule has 0 fully saturated rings. The van der Waals surface area contributed by atoms with E-state index >= 15 is 0 Å². The Hall–Kier alpha value is -3.10. The van der Waals surface area contributed by atoms with Crippen molar-refractivity contribution in [1.29, 1.82) is 0 Å². The molecule has 3 rings (SSSR count). The number of non-ortho nitro benzene ring substituents is 1. The molecule has 0 saturated heterocycles. The van der Waals surface area contributed by atoms with Crippen molar-refractivity contribution in [2.75, 3.05) is 5.32 Å². The number of hydrogen-bond donors (Lipinski definition) is 2. The van der Waals surface area contributed by atoms with E-state index < -0.39 is 10.8 Å². The van der Waals surface area contributed by atoms with E-state index in [1.807, 2.05) is 0 Å². The van der Waals surface area contributed by atoms with Gasteiger partial charge < -0.3 is 10.1 Å². The second-order valence-corrected chi connectivity index (χ2v) is 5.92. The first-order valence-corrected chi connectivity index (χ1v) is 7.91. The number of nitro groups is 1. The summed E-state index contributed by atoms with van der Waals surface area (Å²) < 4.78 is 5.60. The first-order chi connectivity index (χ1) is 12.4. The van der Waals surface area contributed by atoms with E-state index in [-0.39, 0.29) is 27.8 Å². The van der Waals surface area contributed by atoms with Gasteiger partial charge in [-0.05, 0) is 24.3 Å². The normalized spacial score (nSPS) is 10.4. The maximum atomic E-state index is 12.2. The van der Waals surface area contributed by atoms with Crippen LogP contribution in [0, 0.1) is 10.1 Å². The van der Waals surface area contributed by atoms with E-state index in [2.05, 4.69) is 15.5 Å². The average Bonchev–Trinajstić information content (AvgIpc) is 3.03. The Bertz CT molecular complexity index is 973. The van der Waals surface area contributed by atoms with Gasteiger partial charge in [0.1, 0.15) is 17.2 Å². The van der Waals surface area contributed by atoms with E-state index in [1.54, 1.807) is 24.3 Å². The third kappa shape index (κ3) is 4.11. The lowest BCUT2D eigenvalue weighted by molar-refractivity contribution is -0.384. The minimum Gasteiger partial charge on any atom is -0.457 e. The second-order valence-electron chi connectivity index (χ2n) is 5.08. The summed E-state index contributed by atoms with van der Waals surface area (Å²) in [5.41, 5.74) is -0.0420. The molecule has 0 bridgehead atoms. The number of ether oxygens (including phenoxy) is 1. The first-order valence-electron chi connectivity index (χ1n) is 7.15. The van der Waals surface area contributed by atoms with Crippen molar-refractivity contribution >= 4 is 40.5 Å². The summed E-state index contributed by atoms with van der Waals surface area (Å²) in [6, 6.07) is 10.4. The van der Waals surface area contributed by atoms with Crippen molar-refractivity contribution in [2.24, 2.45) is 0 Å². The smallest absolute Gasteiger partial charge is 0.275 e. The molecule has 1 heterocycles. The van der Waals surface area contributed by atoms with Crippen LogP contribution < -0.4 is 10.1 Å². The van der Waals surface area contributed by atoms with Crippen LogP contribution in [-0.2, 0) is 0 Å². The van der Waals surface area contributed by atoms with Crippen molar-refractivity contribution in [1.82, 2.24) is 10.2 Å². The third-order valence-electron chi connectivity index (χ3n) is 3.23. The fourth-order valence-corrected chi connectivity index (χ4v) is 2.39. The highest BCUT2D eigenvalue weighted by Gasteiger charge is 2.16. The molecular weight excluding hydrogens is 383 g/mol. The fraction of sp³-hybridized carbons (Fsp3) is 0. The highest BCUT2D eigenvalue weighted by Crippen LogP contribution is 2.30.